The molecule has 126 valence electrons. The van der Waals surface area contributed by atoms with Crippen molar-refractivity contribution >= 4 is 46.3 Å². The molecule has 3 rings (SSSR count). The highest BCUT2D eigenvalue weighted by Crippen LogP contribution is 2.17. The Morgan fingerprint density at radius 1 is 1.08 bits per heavy atom. The van der Waals surface area contributed by atoms with Gasteiger partial charge in [-0.15, -0.1) is 11.8 Å². The van der Waals surface area contributed by atoms with Crippen LogP contribution in [-0.4, -0.2) is 17.9 Å². The third-order valence-corrected chi connectivity index (χ3v) is 4.85. The molecule has 0 aromatic heterocycles. The average molecular weight is 369 g/mol. The standard InChI is InChI=1S/C20H17ClN2OS/c21-18-9-3-5-15(11-18)13-25-14-20(24)23-22-12-17-8-4-7-16-6-1-2-10-19(16)17/h1-12H,13-14H2,(H,23,24)/b22-12-. The van der Waals surface area contributed by atoms with Gasteiger partial charge in [0, 0.05) is 16.3 Å². The first-order valence-corrected chi connectivity index (χ1v) is 9.37. The second-order valence-electron chi connectivity index (χ2n) is 5.48. The zero-order valence-corrected chi connectivity index (χ0v) is 15.1. The Morgan fingerprint density at radius 2 is 1.88 bits per heavy atom. The van der Waals surface area contributed by atoms with Crippen molar-refractivity contribution in [1.82, 2.24) is 5.43 Å². The monoisotopic (exact) mass is 368 g/mol. The molecule has 0 heterocycles. The number of halogens is 1. The van der Waals surface area contributed by atoms with E-state index in [4.69, 9.17) is 11.6 Å². The van der Waals surface area contributed by atoms with Gasteiger partial charge >= 0.3 is 0 Å². The maximum absolute atomic E-state index is 11.9. The summed E-state index contributed by atoms with van der Waals surface area (Å²) in [5.41, 5.74) is 4.66. The lowest BCUT2D eigenvalue weighted by molar-refractivity contribution is -0.118. The summed E-state index contributed by atoms with van der Waals surface area (Å²) in [5, 5.41) is 7.04. The number of hydrazone groups is 1. The van der Waals surface area contributed by atoms with Gasteiger partial charge in [-0.2, -0.15) is 5.10 Å². The molecule has 0 radical (unpaired) electrons. The fourth-order valence-corrected chi connectivity index (χ4v) is 3.44. The number of rotatable bonds is 6. The molecule has 1 N–H and O–H groups in total. The van der Waals surface area contributed by atoms with E-state index in [-0.39, 0.29) is 5.91 Å². The molecule has 0 saturated carbocycles. The molecule has 0 aliphatic carbocycles. The number of carbonyl (C=O) groups is 1. The highest BCUT2D eigenvalue weighted by Gasteiger charge is 2.02. The summed E-state index contributed by atoms with van der Waals surface area (Å²) in [5.74, 6) is 0.962. The Labute approximate surface area is 156 Å². The predicted octanol–water partition coefficient (Wildman–Crippen LogP) is 4.88. The summed E-state index contributed by atoms with van der Waals surface area (Å²) in [6.07, 6.45) is 1.68. The number of thioether (sulfide) groups is 1. The van der Waals surface area contributed by atoms with Crippen LogP contribution in [0.1, 0.15) is 11.1 Å². The third-order valence-electron chi connectivity index (χ3n) is 3.61. The number of hydrogen-bond acceptors (Lipinski definition) is 3. The van der Waals surface area contributed by atoms with Crippen LogP contribution >= 0.6 is 23.4 Å². The molecule has 3 aromatic rings. The Balaban J connectivity index is 1.51. The summed E-state index contributed by atoms with van der Waals surface area (Å²) in [7, 11) is 0. The van der Waals surface area contributed by atoms with Crippen LogP contribution in [0.5, 0.6) is 0 Å². The molecular weight excluding hydrogens is 352 g/mol. The molecule has 25 heavy (non-hydrogen) atoms. The van der Waals surface area contributed by atoms with Gasteiger partial charge in [-0.3, -0.25) is 4.79 Å². The third kappa shape index (κ3) is 5.08. The predicted molar refractivity (Wildman–Crippen MR) is 107 cm³/mol. The van der Waals surface area contributed by atoms with Crippen LogP contribution < -0.4 is 5.43 Å². The molecule has 0 aliphatic heterocycles. The van der Waals surface area contributed by atoms with Crippen molar-refractivity contribution in [3.05, 3.63) is 82.9 Å². The first kappa shape index (κ1) is 17.5. The van der Waals surface area contributed by atoms with Crippen molar-refractivity contribution in [3.63, 3.8) is 0 Å². The lowest BCUT2D eigenvalue weighted by Gasteiger charge is -2.03. The number of nitrogens with one attached hydrogen (secondary N) is 1. The number of amides is 1. The molecule has 5 heteroatoms. The maximum Gasteiger partial charge on any atom is 0.250 e. The molecular formula is C20H17ClN2OS. The van der Waals surface area contributed by atoms with Crippen LogP contribution in [0.2, 0.25) is 5.02 Å². The van der Waals surface area contributed by atoms with Gasteiger partial charge in [0.1, 0.15) is 0 Å². The van der Waals surface area contributed by atoms with E-state index in [9.17, 15) is 4.79 Å². The van der Waals surface area contributed by atoms with Gasteiger partial charge in [0.2, 0.25) is 5.91 Å². The van der Waals surface area contributed by atoms with E-state index < -0.39 is 0 Å². The quantitative estimate of drug-likeness (QED) is 0.497. The average Bonchev–Trinajstić information content (AvgIpc) is 2.62. The molecule has 0 unspecified atom stereocenters. The van der Waals surface area contributed by atoms with Crippen LogP contribution in [0.15, 0.2) is 71.8 Å². The Morgan fingerprint density at radius 3 is 2.76 bits per heavy atom. The molecule has 1 amide bonds. The van der Waals surface area contributed by atoms with Crippen LogP contribution in [-0.2, 0) is 10.5 Å². The van der Waals surface area contributed by atoms with E-state index in [1.165, 1.54) is 11.8 Å². The largest absolute Gasteiger partial charge is 0.272 e. The maximum atomic E-state index is 11.9. The zero-order valence-electron chi connectivity index (χ0n) is 13.5. The molecule has 0 fully saturated rings. The summed E-state index contributed by atoms with van der Waals surface area (Å²) in [6.45, 7) is 0. The van der Waals surface area contributed by atoms with Crippen molar-refractivity contribution in [1.29, 1.82) is 0 Å². The normalized spacial score (nSPS) is 11.1. The van der Waals surface area contributed by atoms with E-state index in [2.05, 4.69) is 22.7 Å². The summed E-state index contributed by atoms with van der Waals surface area (Å²) in [6, 6.07) is 21.7. The number of benzene rings is 3. The SMILES string of the molecule is O=C(CSCc1cccc(Cl)c1)N/N=C\c1cccc2ccccc12. The molecule has 0 saturated heterocycles. The fourth-order valence-electron chi connectivity index (χ4n) is 2.46. The van der Waals surface area contributed by atoms with E-state index >= 15 is 0 Å². The van der Waals surface area contributed by atoms with Gasteiger partial charge in [-0.25, -0.2) is 5.43 Å². The van der Waals surface area contributed by atoms with Crippen molar-refractivity contribution in [3.8, 4) is 0 Å². The second kappa shape index (κ2) is 8.70. The van der Waals surface area contributed by atoms with Gasteiger partial charge < -0.3 is 0 Å². The highest BCUT2D eigenvalue weighted by molar-refractivity contribution is 7.99. The number of nitrogens with zero attached hydrogens (tertiary/aromatic N) is 1. The summed E-state index contributed by atoms with van der Waals surface area (Å²) in [4.78, 5) is 11.9. The molecule has 3 nitrogen and oxygen atoms in total. The molecule has 0 atom stereocenters. The minimum atomic E-state index is -0.122. The Bertz CT molecular complexity index is 906. The Kier molecular flexibility index (Phi) is 6.09. The van der Waals surface area contributed by atoms with Gasteiger partial charge in [-0.05, 0) is 28.5 Å². The van der Waals surface area contributed by atoms with Crippen molar-refractivity contribution in [2.24, 2.45) is 5.10 Å². The summed E-state index contributed by atoms with van der Waals surface area (Å²) < 4.78 is 0. The van der Waals surface area contributed by atoms with Crippen LogP contribution in [0, 0.1) is 0 Å². The van der Waals surface area contributed by atoms with Crippen molar-refractivity contribution in [2.75, 3.05) is 5.75 Å². The van der Waals surface area contributed by atoms with Crippen LogP contribution in [0.4, 0.5) is 0 Å². The number of fused-ring (bicyclic) bond motifs is 1. The van der Waals surface area contributed by atoms with Crippen LogP contribution in [0.25, 0.3) is 10.8 Å². The van der Waals surface area contributed by atoms with Gasteiger partial charge in [-0.1, -0.05) is 66.2 Å². The fraction of sp³-hybridized carbons (Fsp3) is 0.100. The Hall–Kier alpha value is -2.30. The van der Waals surface area contributed by atoms with Crippen molar-refractivity contribution < 1.29 is 4.79 Å². The number of carbonyl (C=O) groups excluding carboxylic acids is 1. The van der Waals surface area contributed by atoms with Gasteiger partial charge in [0.05, 0.1) is 12.0 Å². The highest BCUT2D eigenvalue weighted by atomic mass is 35.5. The molecule has 0 spiro atoms. The minimum Gasteiger partial charge on any atom is -0.272 e. The van der Waals surface area contributed by atoms with E-state index in [1.54, 1.807) is 6.21 Å². The lowest BCUT2D eigenvalue weighted by atomic mass is 10.1. The van der Waals surface area contributed by atoms with E-state index in [0.717, 1.165) is 27.7 Å². The van der Waals surface area contributed by atoms with E-state index in [0.29, 0.717) is 10.8 Å². The zero-order chi connectivity index (χ0) is 17.5. The van der Waals surface area contributed by atoms with Crippen molar-refractivity contribution in [2.45, 2.75) is 5.75 Å². The smallest absolute Gasteiger partial charge is 0.250 e. The molecule has 0 aliphatic rings. The number of hydrogen-bond donors (Lipinski definition) is 1. The van der Waals surface area contributed by atoms with Crippen LogP contribution in [0.3, 0.4) is 0 Å². The van der Waals surface area contributed by atoms with Gasteiger partial charge in [0.25, 0.3) is 0 Å². The van der Waals surface area contributed by atoms with Gasteiger partial charge in [0.15, 0.2) is 0 Å². The molecule has 3 aromatic carbocycles. The topological polar surface area (TPSA) is 41.5 Å². The first-order chi connectivity index (χ1) is 12.2. The lowest BCUT2D eigenvalue weighted by Crippen LogP contribution is -2.19. The first-order valence-electron chi connectivity index (χ1n) is 7.84. The summed E-state index contributed by atoms with van der Waals surface area (Å²) >= 11 is 7.47. The minimum absolute atomic E-state index is 0.122. The second-order valence-corrected chi connectivity index (χ2v) is 6.91. The molecule has 0 bridgehead atoms. The van der Waals surface area contributed by atoms with E-state index in [1.807, 2.05) is 54.6 Å².